The average molecular weight is 904 g/mol. The number of hydrogen-bond acceptors (Lipinski definition) is 2. The van der Waals surface area contributed by atoms with E-state index < -0.39 is 0 Å². The van der Waals surface area contributed by atoms with E-state index in [2.05, 4.69) is 27.4 Å². The van der Waals surface area contributed by atoms with Crippen LogP contribution in [0.25, 0.3) is 0 Å². The predicted octanol–water partition coefficient (Wildman–Crippen LogP) is 20.5. The van der Waals surface area contributed by atoms with Gasteiger partial charge in [-0.15, -0.1) is 0 Å². The number of quaternary nitrogens is 1. The molecule has 3 heteroatoms. The van der Waals surface area contributed by atoms with Gasteiger partial charge in [-0.1, -0.05) is 303 Å². The topological polar surface area (TPSA) is 29.5 Å². The van der Waals surface area contributed by atoms with Crippen molar-refractivity contribution in [3.63, 3.8) is 0 Å². The third kappa shape index (κ3) is 49.5. The minimum absolute atomic E-state index is 0.387. The van der Waals surface area contributed by atoms with E-state index >= 15 is 0 Å². The summed E-state index contributed by atoms with van der Waals surface area (Å²) in [6.07, 6.45) is 67.8. The highest BCUT2D eigenvalue weighted by atomic mass is 16.5. The minimum Gasteiger partial charge on any atom is -0.385 e. The van der Waals surface area contributed by atoms with Crippen LogP contribution in [-0.2, 0) is 4.74 Å². The maximum absolute atomic E-state index is 11.4. The van der Waals surface area contributed by atoms with Gasteiger partial charge in [0.15, 0.2) is 0 Å². The van der Waals surface area contributed by atoms with Crippen molar-refractivity contribution in [2.24, 2.45) is 0 Å². The first-order valence-electron chi connectivity index (χ1n) is 30.2. The normalized spacial score (nSPS) is 12.5. The summed E-state index contributed by atoms with van der Waals surface area (Å²) in [7, 11) is 0. The number of rotatable bonds is 57. The largest absolute Gasteiger partial charge is 0.385 e. The van der Waals surface area contributed by atoms with E-state index in [0.29, 0.717) is 13.2 Å². The second-order valence-electron chi connectivity index (χ2n) is 21.7. The SMILES string of the molecule is C=C(C)COCC(O)C[N+](CCCCCCCCCCCCCCCCCC)(CCCCCCCCCCCCCCCCCC)CCCCCCCCCCCCCCCCCC. The fourth-order valence-corrected chi connectivity index (χ4v) is 10.5. The van der Waals surface area contributed by atoms with Crippen LogP contribution < -0.4 is 0 Å². The molecule has 384 valence electrons. The zero-order valence-corrected chi connectivity index (χ0v) is 45.3. The molecular formula is C61H124NO2+. The number of ether oxygens (including phenoxy) is 1. The van der Waals surface area contributed by atoms with Crippen molar-refractivity contribution in [3.05, 3.63) is 12.2 Å². The summed E-state index contributed by atoms with van der Waals surface area (Å²) >= 11 is 0. The molecule has 0 aromatic rings. The second kappa shape index (κ2) is 53.6. The highest BCUT2D eigenvalue weighted by Gasteiger charge is 2.29. The van der Waals surface area contributed by atoms with Gasteiger partial charge in [-0.3, -0.25) is 0 Å². The Morgan fingerprint density at radius 3 is 0.719 bits per heavy atom. The summed E-state index contributed by atoms with van der Waals surface area (Å²) in [6.45, 7) is 18.6. The van der Waals surface area contributed by atoms with Gasteiger partial charge in [-0.25, -0.2) is 0 Å². The van der Waals surface area contributed by atoms with Gasteiger partial charge in [0.25, 0.3) is 0 Å². The smallest absolute Gasteiger partial charge is 0.126 e. The molecule has 0 aliphatic carbocycles. The van der Waals surface area contributed by atoms with Gasteiger partial charge < -0.3 is 14.3 Å². The molecule has 0 aliphatic heterocycles. The fraction of sp³-hybridized carbons (Fsp3) is 0.967. The third-order valence-corrected chi connectivity index (χ3v) is 14.7. The highest BCUT2D eigenvalue weighted by molar-refractivity contribution is 4.87. The standard InChI is InChI=1S/C61H124NO2/c1-6-9-12-15-18-21-24-27-30-33-36-39-42-45-48-51-54-62(57-61(63)59-64-58-60(4)5,55-52-49-46-43-40-37-34-31-28-25-22-19-16-13-10-7-2)56-53-50-47-44-41-38-35-32-29-26-23-20-17-14-11-8-3/h61,63H,4,6-59H2,1-3,5H3/q+1. The Kier molecular flexibility index (Phi) is 53.3. The molecule has 3 nitrogen and oxygen atoms in total. The lowest BCUT2D eigenvalue weighted by Gasteiger charge is -2.41. The van der Waals surface area contributed by atoms with Crippen molar-refractivity contribution in [2.75, 3.05) is 39.4 Å². The molecule has 0 saturated carbocycles. The van der Waals surface area contributed by atoms with Gasteiger partial charge in [0.05, 0.1) is 32.8 Å². The first kappa shape index (κ1) is 63.6. The Hall–Kier alpha value is -0.380. The van der Waals surface area contributed by atoms with Crippen molar-refractivity contribution >= 4 is 0 Å². The van der Waals surface area contributed by atoms with E-state index in [0.717, 1.165) is 16.6 Å². The van der Waals surface area contributed by atoms with Gasteiger partial charge in [0.1, 0.15) is 12.6 Å². The van der Waals surface area contributed by atoms with E-state index in [9.17, 15) is 5.11 Å². The summed E-state index contributed by atoms with van der Waals surface area (Å²) in [5.74, 6) is 0. The lowest BCUT2D eigenvalue weighted by Crippen LogP contribution is -2.54. The first-order chi connectivity index (χ1) is 31.5. The zero-order valence-electron chi connectivity index (χ0n) is 45.3. The van der Waals surface area contributed by atoms with Crippen LogP contribution in [0.3, 0.4) is 0 Å². The lowest BCUT2D eigenvalue weighted by atomic mass is 10.0. The molecule has 1 atom stereocenters. The number of unbranched alkanes of at least 4 members (excludes halogenated alkanes) is 45. The maximum atomic E-state index is 11.4. The molecule has 0 aliphatic rings. The molecular weight excluding hydrogens is 779 g/mol. The molecule has 0 aromatic heterocycles. The van der Waals surface area contributed by atoms with E-state index in [4.69, 9.17) is 4.74 Å². The van der Waals surface area contributed by atoms with Crippen LogP contribution in [0.5, 0.6) is 0 Å². The highest BCUT2D eigenvalue weighted by Crippen LogP contribution is 2.22. The van der Waals surface area contributed by atoms with Crippen molar-refractivity contribution in [1.82, 2.24) is 0 Å². The Labute approximate surface area is 406 Å². The Bertz CT molecular complexity index is 784. The molecule has 0 rings (SSSR count). The summed E-state index contributed by atoms with van der Waals surface area (Å²) in [6, 6.07) is 0. The van der Waals surface area contributed by atoms with Gasteiger partial charge in [0.2, 0.25) is 0 Å². The van der Waals surface area contributed by atoms with Crippen LogP contribution in [-0.4, -0.2) is 55.1 Å². The molecule has 0 amide bonds. The Balaban J connectivity index is 4.83. The molecule has 0 bridgehead atoms. The summed E-state index contributed by atoms with van der Waals surface area (Å²) in [4.78, 5) is 0. The van der Waals surface area contributed by atoms with Gasteiger partial charge in [0, 0.05) is 0 Å². The van der Waals surface area contributed by atoms with E-state index in [1.165, 1.54) is 328 Å². The number of aliphatic hydroxyl groups is 1. The van der Waals surface area contributed by atoms with E-state index in [-0.39, 0.29) is 6.10 Å². The average Bonchev–Trinajstić information content (AvgIpc) is 3.28. The molecule has 0 aromatic carbocycles. The molecule has 0 fully saturated rings. The van der Waals surface area contributed by atoms with Crippen LogP contribution in [0, 0.1) is 0 Å². The summed E-state index contributed by atoms with van der Waals surface area (Å²) < 4.78 is 7.07. The Morgan fingerprint density at radius 1 is 0.344 bits per heavy atom. The number of hydrogen-bond donors (Lipinski definition) is 1. The van der Waals surface area contributed by atoms with Crippen LogP contribution in [0.2, 0.25) is 0 Å². The van der Waals surface area contributed by atoms with E-state index in [1.54, 1.807) is 0 Å². The van der Waals surface area contributed by atoms with Crippen molar-refractivity contribution in [1.29, 1.82) is 0 Å². The molecule has 0 saturated heterocycles. The van der Waals surface area contributed by atoms with Crippen LogP contribution in [0.4, 0.5) is 0 Å². The molecule has 0 heterocycles. The third-order valence-electron chi connectivity index (χ3n) is 14.7. The van der Waals surface area contributed by atoms with Crippen molar-refractivity contribution in [2.45, 2.75) is 342 Å². The number of aliphatic hydroxyl groups excluding tert-OH is 1. The fourth-order valence-electron chi connectivity index (χ4n) is 10.5. The Morgan fingerprint density at radius 2 is 0.531 bits per heavy atom. The minimum atomic E-state index is -0.387. The van der Waals surface area contributed by atoms with Gasteiger partial charge >= 0.3 is 0 Å². The molecule has 64 heavy (non-hydrogen) atoms. The maximum Gasteiger partial charge on any atom is 0.126 e. The summed E-state index contributed by atoms with van der Waals surface area (Å²) in [5, 5.41) is 11.4. The zero-order chi connectivity index (χ0) is 46.5. The molecule has 1 unspecified atom stereocenters. The second-order valence-corrected chi connectivity index (χ2v) is 21.7. The van der Waals surface area contributed by atoms with Crippen LogP contribution in [0.15, 0.2) is 12.2 Å². The van der Waals surface area contributed by atoms with E-state index in [1.807, 2.05) is 6.92 Å². The summed E-state index contributed by atoms with van der Waals surface area (Å²) in [5.41, 5.74) is 1.04. The lowest BCUT2D eigenvalue weighted by molar-refractivity contribution is -0.931. The van der Waals surface area contributed by atoms with Crippen molar-refractivity contribution < 1.29 is 14.3 Å². The van der Waals surface area contributed by atoms with Gasteiger partial charge in [-0.2, -0.15) is 0 Å². The monoisotopic (exact) mass is 903 g/mol. The van der Waals surface area contributed by atoms with Crippen LogP contribution >= 0.6 is 0 Å². The molecule has 0 spiro atoms. The molecule has 0 radical (unpaired) electrons. The first-order valence-corrected chi connectivity index (χ1v) is 30.2. The quantitative estimate of drug-likeness (QED) is 0.0374. The van der Waals surface area contributed by atoms with Crippen molar-refractivity contribution in [3.8, 4) is 0 Å². The molecule has 1 N–H and O–H groups in total. The van der Waals surface area contributed by atoms with Gasteiger partial charge in [-0.05, 0) is 45.4 Å². The number of nitrogens with zero attached hydrogens (tertiary/aromatic N) is 1. The predicted molar refractivity (Wildman–Crippen MR) is 290 cm³/mol. The van der Waals surface area contributed by atoms with Crippen LogP contribution in [0.1, 0.15) is 336 Å².